The number of carbonyl (C=O) groups excluding carboxylic acids is 1. The smallest absolute Gasteiger partial charge is 0.243 e. The van der Waals surface area contributed by atoms with Crippen LogP contribution in [0.15, 0.2) is 34.3 Å². The number of hydrogen-bond donors (Lipinski definition) is 2. The maximum Gasteiger partial charge on any atom is 0.243 e. The van der Waals surface area contributed by atoms with E-state index in [1.54, 1.807) is 38.1 Å². The van der Waals surface area contributed by atoms with Crippen molar-refractivity contribution in [3.8, 4) is 11.4 Å². The molecule has 1 aliphatic rings. The largest absolute Gasteiger partial charge is 0.352 e. The molecule has 182 valence electrons. The minimum absolute atomic E-state index is 0.0530. The predicted octanol–water partition coefficient (Wildman–Crippen LogP) is 2.72. The van der Waals surface area contributed by atoms with E-state index in [0.29, 0.717) is 41.5 Å². The minimum Gasteiger partial charge on any atom is -0.352 e. The van der Waals surface area contributed by atoms with Gasteiger partial charge in [0, 0.05) is 24.7 Å². The molecule has 11 heteroatoms. The van der Waals surface area contributed by atoms with Crippen LogP contribution >= 0.6 is 11.8 Å². The first-order chi connectivity index (χ1) is 15.7. The minimum atomic E-state index is -3.60. The van der Waals surface area contributed by atoms with Gasteiger partial charge in [-0.05, 0) is 30.4 Å². The SMILES string of the molecule is CCN(CC)S(=O)(=O)c1cccc(-c2nnc(SCC(=O)NC3CCCC(C)C3C)n2N)c1. The van der Waals surface area contributed by atoms with E-state index in [4.69, 9.17) is 5.84 Å². The molecule has 0 radical (unpaired) electrons. The van der Waals surface area contributed by atoms with Crippen molar-refractivity contribution in [3.05, 3.63) is 24.3 Å². The van der Waals surface area contributed by atoms with Gasteiger partial charge in [-0.25, -0.2) is 13.1 Å². The number of hydrogen-bond acceptors (Lipinski definition) is 7. The number of nitrogen functional groups attached to an aromatic ring is 1. The van der Waals surface area contributed by atoms with E-state index in [1.165, 1.54) is 27.2 Å². The molecule has 3 rings (SSSR count). The third-order valence-electron chi connectivity index (χ3n) is 6.49. The molecule has 1 aromatic carbocycles. The second kappa shape index (κ2) is 10.9. The Morgan fingerprint density at radius 2 is 1.97 bits per heavy atom. The van der Waals surface area contributed by atoms with E-state index in [9.17, 15) is 13.2 Å². The Morgan fingerprint density at radius 3 is 2.67 bits per heavy atom. The predicted molar refractivity (Wildman–Crippen MR) is 131 cm³/mol. The Kier molecular flexibility index (Phi) is 8.41. The lowest BCUT2D eigenvalue weighted by atomic mass is 9.78. The van der Waals surface area contributed by atoms with Gasteiger partial charge < -0.3 is 11.2 Å². The van der Waals surface area contributed by atoms with Crippen molar-refractivity contribution in [1.29, 1.82) is 0 Å². The second-order valence-corrected chi connectivity index (χ2v) is 11.4. The summed E-state index contributed by atoms with van der Waals surface area (Å²) in [5.74, 6) is 7.73. The van der Waals surface area contributed by atoms with Gasteiger partial charge in [-0.3, -0.25) is 4.79 Å². The highest BCUT2D eigenvalue weighted by molar-refractivity contribution is 7.99. The highest BCUT2D eigenvalue weighted by Crippen LogP contribution is 2.30. The van der Waals surface area contributed by atoms with Crippen LogP contribution in [0.3, 0.4) is 0 Å². The average Bonchev–Trinajstić information content (AvgIpc) is 3.16. The highest BCUT2D eigenvalue weighted by Gasteiger charge is 2.28. The van der Waals surface area contributed by atoms with Crippen LogP contribution in [0.4, 0.5) is 0 Å². The van der Waals surface area contributed by atoms with Gasteiger partial charge in [0.1, 0.15) is 0 Å². The monoisotopic (exact) mass is 494 g/mol. The topological polar surface area (TPSA) is 123 Å². The fraction of sp³-hybridized carbons (Fsp3) is 0.591. The molecule has 0 aliphatic heterocycles. The molecule has 1 saturated carbocycles. The van der Waals surface area contributed by atoms with Crippen LogP contribution in [0.25, 0.3) is 11.4 Å². The fourth-order valence-corrected chi connectivity index (χ4v) is 6.42. The first-order valence-electron chi connectivity index (χ1n) is 11.4. The molecule has 3 N–H and O–H groups in total. The number of nitrogens with one attached hydrogen (secondary N) is 1. The van der Waals surface area contributed by atoms with Gasteiger partial charge in [-0.2, -0.15) is 4.31 Å². The number of nitrogens with two attached hydrogens (primary N) is 1. The Morgan fingerprint density at radius 1 is 1.24 bits per heavy atom. The zero-order chi connectivity index (χ0) is 24.2. The van der Waals surface area contributed by atoms with Gasteiger partial charge >= 0.3 is 0 Å². The van der Waals surface area contributed by atoms with Crippen LogP contribution in [0.2, 0.25) is 0 Å². The molecule has 3 atom stereocenters. The Balaban J connectivity index is 1.69. The Hall–Kier alpha value is -2.11. The first kappa shape index (κ1) is 25.5. The van der Waals surface area contributed by atoms with E-state index in [-0.39, 0.29) is 22.6 Å². The van der Waals surface area contributed by atoms with Crippen LogP contribution in [-0.2, 0) is 14.8 Å². The lowest BCUT2D eigenvalue weighted by Crippen LogP contribution is -2.44. The number of benzene rings is 1. The molecule has 1 fully saturated rings. The molecule has 1 aromatic heterocycles. The third kappa shape index (κ3) is 5.70. The van der Waals surface area contributed by atoms with E-state index in [0.717, 1.165) is 12.8 Å². The molecule has 0 saturated heterocycles. The maximum absolute atomic E-state index is 12.9. The van der Waals surface area contributed by atoms with E-state index in [1.807, 2.05) is 0 Å². The van der Waals surface area contributed by atoms with Gasteiger partial charge in [0.05, 0.1) is 10.6 Å². The number of sulfonamides is 1. The van der Waals surface area contributed by atoms with Crippen molar-refractivity contribution < 1.29 is 13.2 Å². The molecule has 3 unspecified atom stereocenters. The van der Waals surface area contributed by atoms with Crippen molar-refractivity contribution in [2.24, 2.45) is 11.8 Å². The summed E-state index contributed by atoms with van der Waals surface area (Å²) in [6.07, 6.45) is 3.35. The highest BCUT2D eigenvalue weighted by atomic mass is 32.2. The van der Waals surface area contributed by atoms with E-state index < -0.39 is 10.0 Å². The molecule has 33 heavy (non-hydrogen) atoms. The average molecular weight is 495 g/mol. The Labute approximate surface area is 200 Å². The molecule has 1 amide bonds. The number of amides is 1. The van der Waals surface area contributed by atoms with Gasteiger partial charge in [0.15, 0.2) is 5.82 Å². The summed E-state index contributed by atoms with van der Waals surface area (Å²) >= 11 is 1.21. The first-order valence-corrected chi connectivity index (χ1v) is 13.8. The molecular formula is C22H34N6O3S2. The normalized spacial score (nSPS) is 21.3. The number of aromatic nitrogens is 3. The summed E-state index contributed by atoms with van der Waals surface area (Å²) in [6, 6.07) is 6.70. The lowest BCUT2D eigenvalue weighted by Gasteiger charge is -2.34. The summed E-state index contributed by atoms with van der Waals surface area (Å²) < 4.78 is 28.4. The quantitative estimate of drug-likeness (QED) is 0.406. The second-order valence-electron chi connectivity index (χ2n) is 8.52. The molecular weight excluding hydrogens is 460 g/mol. The van der Waals surface area contributed by atoms with Gasteiger partial charge in [-0.1, -0.05) is 64.4 Å². The fourth-order valence-electron chi connectivity index (χ4n) is 4.24. The van der Waals surface area contributed by atoms with Crippen molar-refractivity contribution in [1.82, 2.24) is 24.5 Å². The van der Waals surface area contributed by atoms with Crippen LogP contribution in [-0.4, -0.2) is 58.4 Å². The van der Waals surface area contributed by atoms with Crippen molar-refractivity contribution in [2.45, 2.75) is 63.1 Å². The molecule has 1 heterocycles. The summed E-state index contributed by atoms with van der Waals surface area (Å²) in [4.78, 5) is 12.7. The molecule has 9 nitrogen and oxygen atoms in total. The molecule has 0 bridgehead atoms. The third-order valence-corrected chi connectivity index (χ3v) is 9.47. The summed E-state index contributed by atoms with van der Waals surface area (Å²) in [6.45, 7) is 8.81. The van der Waals surface area contributed by atoms with E-state index in [2.05, 4.69) is 29.4 Å². The molecule has 2 aromatic rings. The Bertz CT molecular complexity index is 1070. The van der Waals surface area contributed by atoms with E-state index >= 15 is 0 Å². The lowest BCUT2D eigenvalue weighted by molar-refractivity contribution is -0.120. The summed E-state index contributed by atoms with van der Waals surface area (Å²) in [5, 5.41) is 11.8. The standard InChI is InChI=1S/C22H34N6O3S2/c1-5-27(6-2)33(30,31)18-11-8-10-17(13-18)21-25-26-22(28(21)23)32-14-20(29)24-19-12-7-9-15(3)16(19)4/h8,10-11,13,15-16,19H,5-7,9,12,14,23H2,1-4H3,(H,24,29). The number of nitrogens with zero attached hydrogens (tertiary/aromatic N) is 4. The maximum atomic E-state index is 12.9. The van der Waals surface area contributed by atoms with Gasteiger partial charge in [-0.15, -0.1) is 10.2 Å². The number of thioether (sulfide) groups is 1. The molecule has 0 spiro atoms. The van der Waals surface area contributed by atoms with Crippen molar-refractivity contribution in [2.75, 3.05) is 24.7 Å². The molecule has 1 aliphatic carbocycles. The number of rotatable bonds is 9. The van der Waals surface area contributed by atoms with Crippen LogP contribution in [0.5, 0.6) is 0 Å². The summed E-state index contributed by atoms with van der Waals surface area (Å²) in [5.41, 5.74) is 0.541. The van der Waals surface area contributed by atoms with Gasteiger partial charge in [0.2, 0.25) is 21.1 Å². The van der Waals surface area contributed by atoms with Gasteiger partial charge in [0.25, 0.3) is 0 Å². The van der Waals surface area contributed by atoms with Crippen LogP contribution in [0.1, 0.15) is 47.0 Å². The van der Waals surface area contributed by atoms with Crippen LogP contribution < -0.4 is 11.2 Å². The number of carbonyl (C=O) groups is 1. The van der Waals surface area contributed by atoms with Crippen LogP contribution in [0, 0.1) is 11.8 Å². The zero-order valence-electron chi connectivity index (χ0n) is 19.7. The van der Waals surface area contributed by atoms with Crippen molar-refractivity contribution >= 4 is 27.7 Å². The zero-order valence-corrected chi connectivity index (χ0v) is 21.3. The van der Waals surface area contributed by atoms with Crippen molar-refractivity contribution in [3.63, 3.8) is 0 Å². The summed E-state index contributed by atoms with van der Waals surface area (Å²) in [7, 11) is -3.60.